The highest BCUT2D eigenvalue weighted by Crippen LogP contribution is 2.52. The molecule has 0 bridgehead atoms. The van der Waals surface area contributed by atoms with E-state index in [2.05, 4.69) is 74.4 Å². The quantitative estimate of drug-likeness (QED) is 0.0432. The van der Waals surface area contributed by atoms with Gasteiger partial charge in [-0.05, 0) is 109 Å². The monoisotopic (exact) mass is 696 g/mol. The van der Waals surface area contributed by atoms with Crippen molar-refractivity contribution in [2.45, 2.75) is 225 Å². The van der Waals surface area contributed by atoms with Gasteiger partial charge in [0, 0.05) is 25.9 Å². The lowest BCUT2D eigenvalue weighted by atomic mass is 9.76. The number of piperidine rings is 1. The molecule has 3 nitrogen and oxygen atoms in total. The van der Waals surface area contributed by atoms with Gasteiger partial charge >= 0.3 is 0 Å². The van der Waals surface area contributed by atoms with Crippen LogP contribution >= 0.6 is 0 Å². The van der Waals surface area contributed by atoms with E-state index in [1.807, 2.05) is 0 Å². The van der Waals surface area contributed by atoms with Gasteiger partial charge in [0.05, 0.1) is 6.10 Å². The molecular formula is C47H85NO2. The highest BCUT2D eigenvalue weighted by molar-refractivity contribution is 4.95. The third kappa shape index (κ3) is 23.4. The van der Waals surface area contributed by atoms with Crippen molar-refractivity contribution in [2.75, 3.05) is 20.1 Å². The average molecular weight is 696 g/mol. The minimum Gasteiger partial charge on any atom is -0.365 e. The Balaban J connectivity index is 1.62. The summed E-state index contributed by atoms with van der Waals surface area (Å²) in [6.45, 7) is 6.72. The molecule has 1 saturated carbocycles. The number of unbranched alkanes of at least 4 members (excludes halogenated alkanes) is 18. The van der Waals surface area contributed by atoms with Crippen molar-refractivity contribution in [3.8, 4) is 0 Å². The van der Waals surface area contributed by atoms with Crippen LogP contribution in [-0.2, 0) is 4.74 Å². The first-order valence-corrected chi connectivity index (χ1v) is 22.2. The number of allylic oxidation sites excluding steroid dienone is 8. The Morgan fingerprint density at radius 1 is 0.540 bits per heavy atom. The van der Waals surface area contributed by atoms with Crippen LogP contribution in [0.3, 0.4) is 0 Å². The van der Waals surface area contributed by atoms with Gasteiger partial charge in [0.25, 0.3) is 0 Å². The minimum atomic E-state index is -0.892. The summed E-state index contributed by atoms with van der Waals surface area (Å²) in [7, 11) is 2.20. The average Bonchev–Trinajstić information content (AvgIpc) is 3.44. The zero-order valence-electron chi connectivity index (χ0n) is 33.8. The van der Waals surface area contributed by atoms with Gasteiger partial charge in [0.2, 0.25) is 0 Å². The molecule has 2 fully saturated rings. The van der Waals surface area contributed by atoms with Crippen LogP contribution < -0.4 is 0 Å². The second-order valence-corrected chi connectivity index (χ2v) is 16.4. The second-order valence-electron chi connectivity index (χ2n) is 16.4. The van der Waals surface area contributed by atoms with Crippen LogP contribution in [0.25, 0.3) is 0 Å². The van der Waals surface area contributed by atoms with E-state index >= 15 is 0 Å². The number of hydrogen-bond donors (Lipinski definition) is 1. The molecular weight excluding hydrogens is 611 g/mol. The van der Waals surface area contributed by atoms with Crippen molar-refractivity contribution in [2.24, 2.45) is 5.41 Å². The van der Waals surface area contributed by atoms with E-state index in [0.717, 1.165) is 58.0 Å². The second kappa shape index (κ2) is 30.3. The van der Waals surface area contributed by atoms with E-state index in [9.17, 15) is 5.11 Å². The fourth-order valence-corrected chi connectivity index (χ4v) is 8.26. The fraction of sp³-hybridized carbons (Fsp3) is 0.830. The van der Waals surface area contributed by atoms with Gasteiger partial charge in [-0.2, -0.15) is 0 Å². The van der Waals surface area contributed by atoms with Gasteiger partial charge in [-0.25, -0.2) is 0 Å². The lowest BCUT2D eigenvalue weighted by molar-refractivity contribution is -0.236. The summed E-state index contributed by atoms with van der Waals surface area (Å²) < 4.78 is 6.52. The maximum absolute atomic E-state index is 11.7. The molecule has 0 radical (unpaired) electrons. The van der Waals surface area contributed by atoms with Crippen LogP contribution in [0.2, 0.25) is 0 Å². The van der Waals surface area contributed by atoms with Crippen LogP contribution in [0.1, 0.15) is 213 Å². The van der Waals surface area contributed by atoms with Crippen LogP contribution in [0, 0.1) is 5.41 Å². The largest absolute Gasteiger partial charge is 0.365 e. The molecule has 50 heavy (non-hydrogen) atoms. The first kappa shape index (κ1) is 45.0. The van der Waals surface area contributed by atoms with Crippen molar-refractivity contribution in [3.05, 3.63) is 48.6 Å². The lowest BCUT2D eigenvalue weighted by Crippen LogP contribution is -2.41. The zero-order chi connectivity index (χ0) is 35.9. The number of rotatable bonds is 32. The smallest absolute Gasteiger partial charge is 0.166 e. The molecule has 1 saturated heterocycles. The van der Waals surface area contributed by atoms with Crippen molar-refractivity contribution >= 4 is 0 Å². The van der Waals surface area contributed by atoms with Gasteiger partial charge in [-0.15, -0.1) is 0 Å². The fourth-order valence-electron chi connectivity index (χ4n) is 8.26. The molecule has 0 aromatic heterocycles. The Hall–Kier alpha value is -1.16. The Bertz CT molecular complexity index is 834. The number of hydrogen-bond acceptors (Lipinski definition) is 3. The van der Waals surface area contributed by atoms with Gasteiger partial charge < -0.3 is 14.7 Å². The van der Waals surface area contributed by atoms with E-state index < -0.39 is 5.79 Å². The predicted molar refractivity (Wildman–Crippen MR) is 221 cm³/mol. The van der Waals surface area contributed by atoms with Crippen molar-refractivity contribution in [1.82, 2.24) is 4.90 Å². The molecule has 1 N–H and O–H groups in total. The molecule has 1 atom stereocenters. The number of aliphatic hydroxyl groups is 1. The van der Waals surface area contributed by atoms with Crippen LogP contribution in [-0.4, -0.2) is 42.0 Å². The van der Waals surface area contributed by atoms with E-state index in [-0.39, 0.29) is 11.5 Å². The molecule has 0 amide bonds. The van der Waals surface area contributed by atoms with Gasteiger partial charge in [0.15, 0.2) is 5.79 Å². The van der Waals surface area contributed by atoms with Crippen LogP contribution in [0.4, 0.5) is 0 Å². The zero-order valence-corrected chi connectivity index (χ0v) is 33.8. The van der Waals surface area contributed by atoms with Gasteiger partial charge in [-0.3, -0.25) is 0 Å². The summed E-state index contributed by atoms with van der Waals surface area (Å²) in [4.78, 5) is 2.39. The summed E-state index contributed by atoms with van der Waals surface area (Å²) in [5.74, 6) is -0.892. The summed E-state index contributed by atoms with van der Waals surface area (Å²) in [6, 6.07) is 0. The van der Waals surface area contributed by atoms with E-state index in [4.69, 9.17) is 4.74 Å². The molecule has 0 spiro atoms. The first-order chi connectivity index (χ1) is 24.5. The predicted octanol–water partition coefficient (Wildman–Crippen LogP) is 14.4. The lowest BCUT2D eigenvalue weighted by Gasteiger charge is -2.36. The Morgan fingerprint density at radius 2 is 0.940 bits per heavy atom. The standard InChI is InChI=1S/C47H85NO2/c1-4-6-8-10-12-14-16-18-20-22-24-26-28-30-32-34-38-46(40-41-47(49,44-46)50-45-36-42-48(3)43-37-45)39-35-33-31-29-27-25-23-21-19-17-15-13-11-9-7-5-2/h12-15,18-21,45,49H,4-11,16-17,22-44H2,1-3H3/b14-12-,15-13-,20-18-,21-19-. The summed E-state index contributed by atoms with van der Waals surface area (Å²) >= 11 is 0. The normalized spacial score (nSPS) is 20.6. The maximum atomic E-state index is 11.7. The molecule has 290 valence electrons. The minimum absolute atomic E-state index is 0.232. The summed E-state index contributed by atoms with van der Waals surface area (Å²) in [5, 5.41) is 11.7. The molecule has 0 aromatic carbocycles. The molecule has 0 aromatic rings. The number of likely N-dealkylation sites (tertiary alicyclic amines) is 1. The Kier molecular flexibility index (Phi) is 27.3. The highest BCUT2D eigenvalue weighted by Gasteiger charge is 2.48. The molecule has 2 rings (SSSR count). The Labute approximate surface area is 312 Å². The SMILES string of the molecule is CCCCC/C=C\C/C=C\CCCCCCCCC1(CCCCCCCC/C=C\C/C=C\CCCCC)CCC(O)(OC2CCN(C)CC2)C1. The van der Waals surface area contributed by atoms with Crippen molar-refractivity contribution in [1.29, 1.82) is 0 Å². The molecule has 1 unspecified atom stereocenters. The van der Waals surface area contributed by atoms with E-state index in [1.54, 1.807) is 0 Å². The number of ether oxygens (including phenoxy) is 1. The third-order valence-corrected chi connectivity index (χ3v) is 11.6. The van der Waals surface area contributed by atoms with Crippen molar-refractivity contribution in [3.63, 3.8) is 0 Å². The summed E-state index contributed by atoms with van der Waals surface area (Å²) in [6.07, 6.45) is 58.0. The molecule has 2 aliphatic rings. The Morgan fingerprint density at radius 3 is 1.38 bits per heavy atom. The molecule has 3 heteroatoms. The number of nitrogens with zero attached hydrogens (tertiary/aromatic N) is 1. The maximum Gasteiger partial charge on any atom is 0.166 e. The molecule has 1 aliphatic carbocycles. The molecule has 1 heterocycles. The molecule has 1 aliphatic heterocycles. The van der Waals surface area contributed by atoms with E-state index in [0.29, 0.717) is 0 Å². The van der Waals surface area contributed by atoms with Crippen LogP contribution in [0.15, 0.2) is 48.6 Å². The summed E-state index contributed by atoms with van der Waals surface area (Å²) in [5.41, 5.74) is 0.282. The van der Waals surface area contributed by atoms with E-state index in [1.165, 1.54) is 154 Å². The first-order valence-electron chi connectivity index (χ1n) is 22.2. The third-order valence-electron chi connectivity index (χ3n) is 11.6. The van der Waals surface area contributed by atoms with Crippen LogP contribution in [0.5, 0.6) is 0 Å². The van der Waals surface area contributed by atoms with Gasteiger partial charge in [0.1, 0.15) is 0 Å². The topological polar surface area (TPSA) is 32.7 Å². The highest BCUT2D eigenvalue weighted by atomic mass is 16.6. The van der Waals surface area contributed by atoms with Crippen molar-refractivity contribution < 1.29 is 9.84 Å². The van der Waals surface area contributed by atoms with Gasteiger partial charge in [-0.1, -0.05) is 152 Å².